The number of nitrogens with one attached hydrogen (secondary N) is 1. The molecule has 0 aliphatic carbocycles. The maximum Gasteiger partial charge on any atom is 0.262 e. The normalized spacial score (nSPS) is 10.7. The summed E-state index contributed by atoms with van der Waals surface area (Å²) in [7, 11) is 5.36. The van der Waals surface area contributed by atoms with Gasteiger partial charge < -0.3 is 19.7 Å². The highest BCUT2D eigenvalue weighted by molar-refractivity contribution is 6.31. The van der Waals surface area contributed by atoms with Gasteiger partial charge in [-0.2, -0.15) is 0 Å². The van der Waals surface area contributed by atoms with E-state index >= 15 is 0 Å². The average molecular weight is 375 g/mol. The molecule has 0 bridgehead atoms. The molecule has 0 saturated carbocycles. The van der Waals surface area contributed by atoms with Crippen LogP contribution in [0.1, 0.15) is 12.5 Å². The van der Waals surface area contributed by atoms with Gasteiger partial charge in [0.1, 0.15) is 0 Å². The van der Waals surface area contributed by atoms with E-state index in [1.807, 2.05) is 56.3 Å². The fourth-order valence-electron chi connectivity index (χ4n) is 2.43. The quantitative estimate of drug-likeness (QED) is 0.777. The molecule has 2 aromatic rings. The fourth-order valence-corrected chi connectivity index (χ4v) is 2.60. The SMILES string of the molecule is CC=Cc1ccc(OCC(=O)Nc2cc(Cl)ccc2N(C)C)c(OC)c1. The third-order valence-corrected chi connectivity index (χ3v) is 3.86. The highest BCUT2D eigenvalue weighted by Gasteiger charge is 2.12. The summed E-state index contributed by atoms with van der Waals surface area (Å²) in [6.07, 6.45) is 3.90. The van der Waals surface area contributed by atoms with Crippen molar-refractivity contribution in [2.75, 3.05) is 38.0 Å². The number of ether oxygens (including phenoxy) is 2. The highest BCUT2D eigenvalue weighted by atomic mass is 35.5. The van der Waals surface area contributed by atoms with Crippen molar-refractivity contribution >= 4 is 35.0 Å². The van der Waals surface area contributed by atoms with E-state index < -0.39 is 0 Å². The molecular formula is C20H23ClN2O3. The van der Waals surface area contributed by atoms with Crippen LogP contribution in [-0.2, 0) is 4.79 Å². The van der Waals surface area contributed by atoms with Gasteiger partial charge in [-0.1, -0.05) is 29.8 Å². The van der Waals surface area contributed by atoms with Crippen molar-refractivity contribution in [2.24, 2.45) is 0 Å². The van der Waals surface area contributed by atoms with Crippen LogP contribution in [-0.4, -0.2) is 33.7 Å². The molecule has 0 unspecified atom stereocenters. The topological polar surface area (TPSA) is 50.8 Å². The Morgan fingerprint density at radius 3 is 2.62 bits per heavy atom. The number of anilines is 2. The standard InChI is InChI=1S/C20H23ClN2O3/c1-5-6-14-7-10-18(19(11-14)25-4)26-13-20(24)22-16-12-15(21)8-9-17(16)23(2)3/h5-12H,13H2,1-4H3,(H,22,24). The minimum Gasteiger partial charge on any atom is -0.493 e. The molecule has 0 heterocycles. The lowest BCUT2D eigenvalue weighted by atomic mass is 10.2. The smallest absolute Gasteiger partial charge is 0.262 e. The Bertz CT molecular complexity index is 804. The van der Waals surface area contributed by atoms with E-state index in [2.05, 4.69) is 5.32 Å². The molecule has 1 amide bonds. The molecule has 6 heteroatoms. The van der Waals surface area contributed by atoms with Crippen LogP contribution in [0.3, 0.4) is 0 Å². The summed E-state index contributed by atoms with van der Waals surface area (Å²) in [6.45, 7) is 1.80. The molecule has 1 N–H and O–H groups in total. The summed E-state index contributed by atoms with van der Waals surface area (Å²) < 4.78 is 11.0. The molecule has 5 nitrogen and oxygen atoms in total. The van der Waals surface area contributed by atoms with E-state index in [1.165, 1.54) is 0 Å². The van der Waals surface area contributed by atoms with Crippen LogP contribution in [0.4, 0.5) is 11.4 Å². The van der Waals surface area contributed by atoms with Gasteiger partial charge in [0.2, 0.25) is 0 Å². The van der Waals surface area contributed by atoms with Crippen molar-refractivity contribution < 1.29 is 14.3 Å². The maximum absolute atomic E-state index is 12.3. The lowest BCUT2D eigenvalue weighted by Crippen LogP contribution is -2.22. The third kappa shape index (κ3) is 5.17. The number of carbonyl (C=O) groups is 1. The van der Waals surface area contributed by atoms with Gasteiger partial charge in [-0.05, 0) is 42.8 Å². The van der Waals surface area contributed by atoms with Crippen molar-refractivity contribution in [1.29, 1.82) is 0 Å². The van der Waals surface area contributed by atoms with Crippen LogP contribution >= 0.6 is 11.6 Å². The number of allylic oxidation sites excluding steroid dienone is 1. The number of methoxy groups -OCH3 is 1. The maximum atomic E-state index is 12.3. The zero-order valence-electron chi connectivity index (χ0n) is 15.4. The Labute approximate surface area is 159 Å². The molecule has 0 aliphatic rings. The summed E-state index contributed by atoms with van der Waals surface area (Å²) in [5.41, 5.74) is 2.48. The summed E-state index contributed by atoms with van der Waals surface area (Å²) in [5, 5.41) is 3.38. The van der Waals surface area contributed by atoms with Crippen molar-refractivity contribution in [1.82, 2.24) is 0 Å². The van der Waals surface area contributed by atoms with E-state index in [0.717, 1.165) is 11.3 Å². The molecule has 0 spiro atoms. The number of amides is 1. The predicted molar refractivity (Wildman–Crippen MR) is 108 cm³/mol. The van der Waals surface area contributed by atoms with Crippen molar-refractivity contribution in [3.05, 3.63) is 53.1 Å². The van der Waals surface area contributed by atoms with E-state index in [-0.39, 0.29) is 12.5 Å². The molecule has 0 fully saturated rings. The van der Waals surface area contributed by atoms with Crippen molar-refractivity contribution in [3.8, 4) is 11.5 Å². The first-order valence-corrected chi connectivity index (χ1v) is 8.52. The molecule has 138 valence electrons. The number of hydrogen-bond donors (Lipinski definition) is 1. The average Bonchev–Trinajstić information content (AvgIpc) is 2.60. The molecule has 0 aromatic heterocycles. The Kier molecular flexibility index (Phi) is 6.92. The van der Waals surface area contributed by atoms with E-state index in [1.54, 1.807) is 25.3 Å². The number of nitrogens with zero attached hydrogens (tertiary/aromatic N) is 1. The first-order chi connectivity index (χ1) is 12.4. The van der Waals surface area contributed by atoms with Gasteiger partial charge in [-0.25, -0.2) is 0 Å². The first kappa shape index (κ1) is 19.7. The van der Waals surface area contributed by atoms with Crippen LogP contribution < -0.4 is 19.7 Å². The van der Waals surface area contributed by atoms with E-state index in [9.17, 15) is 4.79 Å². The minimum atomic E-state index is -0.282. The second-order valence-corrected chi connectivity index (χ2v) is 6.24. The second-order valence-electron chi connectivity index (χ2n) is 5.80. The molecular weight excluding hydrogens is 352 g/mol. The van der Waals surface area contributed by atoms with Gasteiger partial charge in [0.25, 0.3) is 5.91 Å². The van der Waals surface area contributed by atoms with Gasteiger partial charge in [0, 0.05) is 19.1 Å². The Balaban J connectivity index is 2.07. The summed E-state index contributed by atoms with van der Waals surface area (Å²) >= 11 is 6.03. The largest absolute Gasteiger partial charge is 0.493 e. The number of halogens is 1. The van der Waals surface area contributed by atoms with Crippen LogP contribution in [0.15, 0.2) is 42.5 Å². The first-order valence-electron chi connectivity index (χ1n) is 8.15. The molecule has 0 atom stereocenters. The Hall–Kier alpha value is -2.66. The Morgan fingerprint density at radius 1 is 1.19 bits per heavy atom. The summed E-state index contributed by atoms with van der Waals surface area (Å²) in [6, 6.07) is 10.9. The molecule has 2 rings (SSSR count). The lowest BCUT2D eigenvalue weighted by Gasteiger charge is -2.18. The van der Waals surface area contributed by atoms with Gasteiger partial charge in [-0.3, -0.25) is 4.79 Å². The van der Waals surface area contributed by atoms with Crippen molar-refractivity contribution in [3.63, 3.8) is 0 Å². The zero-order chi connectivity index (χ0) is 19.1. The molecule has 26 heavy (non-hydrogen) atoms. The third-order valence-electron chi connectivity index (χ3n) is 3.62. The monoisotopic (exact) mass is 374 g/mol. The van der Waals surface area contributed by atoms with Crippen LogP contribution in [0.5, 0.6) is 11.5 Å². The van der Waals surface area contributed by atoms with E-state index in [4.69, 9.17) is 21.1 Å². The van der Waals surface area contributed by atoms with Crippen molar-refractivity contribution in [2.45, 2.75) is 6.92 Å². The molecule has 0 radical (unpaired) electrons. The van der Waals surface area contributed by atoms with Crippen LogP contribution in [0.2, 0.25) is 5.02 Å². The van der Waals surface area contributed by atoms with Gasteiger partial charge in [0.05, 0.1) is 18.5 Å². The Morgan fingerprint density at radius 2 is 1.96 bits per heavy atom. The number of hydrogen-bond acceptors (Lipinski definition) is 4. The fraction of sp³-hybridized carbons (Fsp3) is 0.250. The second kappa shape index (κ2) is 9.15. The summed E-state index contributed by atoms with van der Waals surface area (Å²) in [4.78, 5) is 14.2. The number of rotatable bonds is 7. The lowest BCUT2D eigenvalue weighted by molar-refractivity contribution is -0.118. The molecule has 0 aliphatic heterocycles. The van der Waals surface area contributed by atoms with E-state index in [0.29, 0.717) is 22.2 Å². The van der Waals surface area contributed by atoms with Crippen LogP contribution in [0, 0.1) is 0 Å². The number of carbonyl (C=O) groups excluding carboxylic acids is 1. The minimum absolute atomic E-state index is 0.140. The van der Waals surface area contributed by atoms with Gasteiger partial charge >= 0.3 is 0 Å². The predicted octanol–water partition coefficient (Wildman–Crippen LogP) is 4.47. The highest BCUT2D eigenvalue weighted by Crippen LogP contribution is 2.30. The summed E-state index contributed by atoms with van der Waals surface area (Å²) in [5.74, 6) is 0.801. The molecule has 2 aromatic carbocycles. The zero-order valence-corrected chi connectivity index (χ0v) is 16.1. The van der Waals surface area contributed by atoms with Crippen LogP contribution in [0.25, 0.3) is 6.08 Å². The number of benzene rings is 2. The van der Waals surface area contributed by atoms with Gasteiger partial charge in [-0.15, -0.1) is 0 Å². The molecule has 0 saturated heterocycles. The van der Waals surface area contributed by atoms with Gasteiger partial charge in [0.15, 0.2) is 18.1 Å².